The minimum absolute atomic E-state index is 0.00513. The van der Waals surface area contributed by atoms with E-state index in [0.29, 0.717) is 18.2 Å². The highest BCUT2D eigenvalue weighted by molar-refractivity contribution is 5.92. The maximum atomic E-state index is 14.4. The van der Waals surface area contributed by atoms with Gasteiger partial charge in [-0.05, 0) is 43.4 Å². The van der Waals surface area contributed by atoms with Crippen molar-refractivity contribution in [2.45, 2.75) is 38.3 Å². The number of fused-ring (bicyclic) bond motifs is 1. The molecule has 0 aromatic carbocycles. The smallest absolute Gasteiger partial charge is 0.272 e. The Labute approximate surface area is 190 Å². The van der Waals surface area contributed by atoms with Crippen molar-refractivity contribution in [1.82, 2.24) is 25.2 Å². The van der Waals surface area contributed by atoms with Crippen LogP contribution in [0.4, 0.5) is 10.1 Å². The highest BCUT2D eigenvalue weighted by Gasteiger charge is 2.27. The molecule has 1 saturated carbocycles. The van der Waals surface area contributed by atoms with E-state index in [-0.39, 0.29) is 17.3 Å². The number of halogens is 1. The number of piperazine rings is 1. The lowest BCUT2D eigenvalue weighted by Crippen LogP contribution is -2.51. The van der Waals surface area contributed by atoms with Gasteiger partial charge in [-0.2, -0.15) is 0 Å². The molecule has 1 aliphatic heterocycles. The molecule has 0 radical (unpaired) electrons. The average molecular weight is 451 g/mol. The van der Waals surface area contributed by atoms with Crippen LogP contribution in [0.3, 0.4) is 0 Å². The van der Waals surface area contributed by atoms with Crippen molar-refractivity contribution < 1.29 is 9.18 Å². The summed E-state index contributed by atoms with van der Waals surface area (Å²) < 4.78 is 14.4. The van der Waals surface area contributed by atoms with Gasteiger partial charge in [0.2, 0.25) is 0 Å². The molecule has 2 fully saturated rings. The van der Waals surface area contributed by atoms with Gasteiger partial charge < -0.3 is 15.2 Å². The third kappa shape index (κ3) is 4.32. The van der Waals surface area contributed by atoms with Gasteiger partial charge in [0.25, 0.3) is 11.5 Å². The van der Waals surface area contributed by atoms with Crippen LogP contribution in [0.25, 0.3) is 11.0 Å². The quantitative estimate of drug-likeness (QED) is 0.620. The summed E-state index contributed by atoms with van der Waals surface area (Å²) in [4.78, 5) is 40.1. The average Bonchev–Trinajstić information content (AvgIpc) is 3.63. The molecule has 1 atom stereocenters. The summed E-state index contributed by atoms with van der Waals surface area (Å²) in [6.45, 7) is 5.10. The highest BCUT2D eigenvalue weighted by Crippen LogP contribution is 2.38. The van der Waals surface area contributed by atoms with Crippen LogP contribution in [-0.2, 0) is 6.54 Å². The molecule has 1 saturated heterocycles. The number of nitrogens with zero attached hydrogens (tertiary/aromatic N) is 4. The second-order valence-corrected chi connectivity index (χ2v) is 8.99. The second kappa shape index (κ2) is 8.55. The largest absolute Gasteiger partial charge is 0.365 e. The Morgan fingerprint density at radius 3 is 2.73 bits per heavy atom. The van der Waals surface area contributed by atoms with E-state index >= 15 is 0 Å². The molecular formula is C24H27FN6O2. The number of anilines is 1. The van der Waals surface area contributed by atoms with Crippen LogP contribution < -0.4 is 15.8 Å². The van der Waals surface area contributed by atoms with Gasteiger partial charge in [0.15, 0.2) is 11.5 Å². The number of rotatable bonds is 5. The van der Waals surface area contributed by atoms with E-state index in [1.807, 2.05) is 18.3 Å². The van der Waals surface area contributed by atoms with Crippen LogP contribution in [0.5, 0.6) is 0 Å². The van der Waals surface area contributed by atoms with E-state index in [1.165, 1.54) is 13.1 Å². The number of aromatic amines is 1. The molecule has 2 N–H and O–H groups in total. The highest BCUT2D eigenvalue weighted by atomic mass is 19.1. The van der Waals surface area contributed by atoms with Crippen molar-refractivity contribution in [1.29, 1.82) is 0 Å². The van der Waals surface area contributed by atoms with E-state index in [2.05, 4.69) is 37.0 Å². The first-order chi connectivity index (χ1) is 15.9. The Morgan fingerprint density at radius 2 is 2.03 bits per heavy atom. The first-order valence-electron chi connectivity index (χ1n) is 11.3. The molecule has 4 heterocycles. The topological polar surface area (TPSA) is 94.2 Å². The summed E-state index contributed by atoms with van der Waals surface area (Å²) in [5.74, 6) is -0.769. The SMILES string of the molecule is CNC(=O)c1ncc(N2CCN(Cc3cnc4cc(C5CC5)c(=O)[nH]c4c3)C[C@@H]2C)cc1F. The summed E-state index contributed by atoms with van der Waals surface area (Å²) in [6, 6.07) is 5.45. The summed E-state index contributed by atoms with van der Waals surface area (Å²) >= 11 is 0. The molecule has 0 unspecified atom stereocenters. The molecular weight excluding hydrogens is 423 g/mol. The van der Waals surface area contributed by atoms with Gasteiger partial charge in [-0.1, -0.05) is 0 Å². The summed E-state index contributed by atoms with van der Waals surface area (Å²) in [6.07, 6.45) is 5.60. The normalized spacial score (nSPS) is 19.1. The van der Waals surface area contributed by atoms with Crippen molar-refractivity contribution in [2.75, 3.05) is 31.6 Å². The first-order valence-corrected chi connectivity index (χ1v) is 11.3. The lowest BCUT2D eigenvalue weighted by Gasteiger charge is -2.41. The number of amides is 1. The number of carbonyl (C=O) groups excluding carboxylic acids is 1. The molecule has 2 aliphatic rings. The van der Waals surface area contributed by atoms with Gasteiger partial charge >= 0.3 is 0 Å². The van der Waals surface area contributed by atoms with Gasteiger partial charge in [-0.15, -0.1) is 0 Å². The molecule has 33 heavy (non-hydrogen) atoms. The Hall–Kier alpha value is -3.33. The Balaban J connectivity index is 1.27. The van der Waals surface area contributed by atoms with Crippen LogP contribution in [0, 0.1) is 5.82 Å². The van der Waals surface area contributed by atoms with E-state index < -0.39 is 11.7 Å². The van der Waals surface area contributed by atoms with E-state index in [4.69, 9.17) is 0 Å². The maximum absolute atomic E-state index is 14.4. The predicted molar refractivity (Wildman–Crippen MR) is 124 cm³/mol. The van der Waals surface area contributed by atoms with Crippen molar-refractivity contribution in [3.63, 3.8) is 0 Å². The number of aromatic nitrogens is 3. The van der Waals surface area contributed by atoms with Crippen molar-refractivity contribution in [3.05, 3.63) is 63.6 Å². The van der Waals surface area contributed by atoms with E-state index in [1.54, 1.807) is 6.20 Å². The van der Waals surface area contributed by atoms with E-state index in [0.717, 1.165) is 54.6 Å². The molecule has 1 amide bonds. The summed E-state index contributed by atoms with van der Waals surface area (Å²) in [5, 5.41) is 2.40. The van der Waals surface area contributed by atoms with E-state index in [9.17, 15) is 14.0 Å². The molecule has 8 nitrogen and oxygen atoms in total. The molecule has 0 spiro atoms. The minimum atomic E-state index is -0.623. The third-order valence-electron chi connectivity index (χ3n) is 6.51. The summed E-state index contributed by atoms with van der Waals surface area (Å²) in [5.41, 5.74) is 3.96. The monoisotopic (exact) mass is 450 g/mol. The lowest BCUT2D eigenvalue weighted by atomic mass is 10.1. The Morgan fingerprint density at radius 1 is 1.21 bits per heavy atom. The van der Waals surface area contributed by atoms with Gasteiger partial charge in [0.1, 0.15) is 0 Å². The lowest BCUT2D eigenvalue weighted by molar-refractivity contribution is 0.0953. The predicted octanol–water partition coefficient (Wildman–Crippen LogP) is 2.40. The van der Waals surface area contributed by atoms with Crippen LogP contribution >= 0.6 is 0 Å². The first kappa shape index (κ1) is 21.5. The maximum Gasteiger partial charge on any atom is 0.272 e. The standard InChI is InChI=1S/C24H27FN6O2/c1-14-12-30(5-6-31(14)17-8-19(25)22(28-11-17)24(33)26-2)13-15-7-21-20(27-10-15)9-18(16-3-4-16)23(32)29-21/h7-11,14,16H,3-6,12-13H2,1-2H3,(H,26,33)(H,29,32)/t14-/m0/s1. The number of H-pyrrole nitrogens is 1. The number of nitrogens with one attached hydrogen (secondary N) is 2. The number of pyridine rings is 3. The molecule has 9 heteroatoms. The molecule has 3 aromatic heterocycles. The molecule has 172 valence electrons. The third-order valence-corrected chi connectivity index (χ3v) is 6.51. The fourth-order valence-electron chi connectivity index (χ4n) is 4.61. The molecule has 3 aromatic rings. The fraction of sp³-hybridized carbons (Fsp3) is 0.417. The van der Waals surface area contributed by atoms with Crippen molar-refractivity contribution in [3.8, 4) is 0 Å². The van der Waals surface area contributed by atoms with Gasteiger partial charge in [0, 0.05) is 57.1 Å². The van der Waals surface area contributed by atoms with Crippen LogP contribution in [-0.4, -0.2) is 58.5 Å². The fourth-order valence-corrected chi connectivity index (χ4v) is 4.61. The second-order valence-electron chi connectivity index (χ2n) is 8.99. The molecule has 1 aliphatic carbocycles. The number of hydrogen-bond donors (Lipinski definition) is 2. The van der Waals surface area contributed by atoms with Crippen molar-refractivity contribution >= 4 is 22.6 Å². The van der Waals surface area contributed by atoms with Crippen molar-refractivity contribution in [2.24, 2.45) is 0 Å². The van der Waals surface area contributed by atoms with Gasteiger partial charge in [-0.3, -0.25) is 19.5 Å². The molecule has 5 rings (SSSR count). The zero-order valence-electron chi connectivity index (χ0n) is 18.8. The van der Waals surface area contributed by atoms with Gasteiger partial charge in [0.05, 0.1) is 22.9 Å². The molecule has 0 bridgehead atoms. The Bertz CT molecular complexity index is 1270. The zero-order chi connectivity index (χ0) is 23.1. The number of hydrogen-bond acceptors (Lipinski definition) is 6. The van der Waals surface area contributed by atoms with Crippen LogP contribution in [0.15, 0.2) is 35.4 Å². The minimum Gasteiger partial charge on any atom is -0.365 e. The number of carbonyl (C=O) groups is 1. The Kier molecular flexibility index (Phi) is 5.57. The zero-order valence-corrected chi connectivity index (χ0v) is 18.8. The van der Waals surface area contributed by atoms with Gasteiger partial charge in [-0.25, -0.2) is 9.37 Å². The van der Waals surface area contributed by atoms with Crippen LogP contribution in [0.1, 0.15) is 47.3 Å². The van der Waals surface area contributed by atoms with Crippen LogP contribution in [0.2, 0.25) is 0 Å². The summed E-state index contributed by atoms with van der Waals surface area (Å²) in [7, 11) is 1.45.